The van der Waals surface area contributed by atoms with Crippen LogP contribution in [0, 0.1) is 20.8 Å². The Balaban J connectivity index is 0.000000131. The van der Waals surface area contributed by atoms with Crippen molar-refractivity contribution in [2.75, 3.05) is 0 Å². The highest BCUT2D eigenvalue weighted by Crippen LogP contribution is 2.10. The summed E-state index contributed by atoms with van der Waals surface area (Å²) in [6, 6.07) is 7.80. The van der Waals surface area contributed by atoms with Crippen LogP contribution in [-0.2, 0) is 0 Å². The van der Waals surface area contributed by atoms with E-state index in [9.17, 15) is 0 Å². The summed E-state index contributed by atoms with van der Waals surface area (Å²) >= 11 is 3.34. The van der Waals surface area contributed by atoms with E-state index in [-0.39, 0.29) is 0 Å². The normalized spacial score (nSPS) is 10.7. The number of rotatable bonds is 0. The Kier molecular flexibility index (Phi) is 3.89. The molecule has 112 valence electrons. The van der Waals surface area contributed by atoms with E-state index in [1.165, 1.54) is 0 Å². The molecule has 0 radical (unpaired) electrons. The molecular weight excluding hydrogens is 344 g/mol. The fourth-order valence-electron chi connectivity index (χ4n) is 2.02. The van der Waals surface area contributed by atoms with Gasteiger partial charge in [-0.25, -0.2) is 19.0 Å². The molecule has 4 aromatic rings. The van der Waals surface area contributed by atoms with E-state index in [0.29, 0.717) is 0 Å². The van der Waals surface area contributed by atoms with Crippen LogP contribution < -0.4 is 0 Å². The van der Waals surface area contributed by atoms with E-state index in [1.54, 1.807) is 10.7 Å². The molecule has 6 nitrogen and oxygen atoms in total. The van der Waals surface area contributed by atoms with Crippen molar-refractivity contribution in [2.24, 2.45) is 0 Å². The van der Waals surface area contributed by atoms with Crippen molar-refractivity contribution in [1.29, 1.82) is 0 Å². The fourth-order valence-corrected chi connectivity index (χ4v) is 2.38. The van der Waals surface area contributed by atoms with Gasteiger partial charge in [-0.15, -0.1) is 0 Å². The molecule has 0 aliphatic rings. The van der Waals surface area contributed by atoms with E-state index in [0.717, 1.165) is 33.0 Å². The molecule has 0 aromatic carbocycles. The van der Waals surface area contributed by atoms with Crippen LogP contribution in [0.15, 0.2) is 41.3 Å². The van der Waals surface area contributed by atoms with Crippen molar-refractivity contribution < 1.29 is 0 Å². The van der Waals surface area contributed by atoms with Gasteiger partial charge in [0.15, 0.2) is 11.3 Å². The first-order chi connectivity index (χ1) is 10.5. The molecule has 0 fully saturated rings. The zero-order chi connectivity index (χ0) is 15.7. The molecule has 0 amide bonds. The van der Waals surface area contributed by atoms with Crippen molar-refractivity contribution in [1.82, 2.24) is 29.2 Å². The van der Waals surface area contributed by atoms with Gasteiger partial charge < -0.3 is 0 Å². The zero-order valence-electron chi connectivity index (χ0n) is 12.5. The van der Waals surface area contributed by atoms with Crippen LogP contribution in [0.2, 0.25) is 0 Å². The maximum absolute atomic E-state index is 4.29. The smallest absolute Gasteiger partial charge is 0.154 e. The lowest BCUT2D eigenvalue weighted by Gasteiger charge is -1.95. The number of halogens is 1. The number of hydrogen-bond acceptors (Lipinski definition) is 4. The number of aryl methyl sites for hydroxylation is 3. The Hall–Kier alpha value is -2.28. The minimum Gasteiger partial charge on any atom is -0.235 e. The Morgan fingerprint density at radius 2 is 1.32 bits per heavy atom. The highest BCUT2D eigenvalue weighted by atomic mass is 79.9. The van der Waals surface area contributed by atoms with Gasteiger partial charge >= 0.3 is 0 Å². The van der Waals surface area contributed by atoms with Crippen LogP contribution in [0.4, 0.5) is 0 Å². The SMILES string of the molecule is Cc1ccc2ncc(Br)n2n1.Cc1ccc2ncc(C)n2n1. The molecule has 7 heteroatoms. The molecule has 0 atom stereocenters. The van der Waals surface area contributed by atoms with E-state index >= 15 is 0 Å². The van der Waals surface area contributed by atoms with Gasteiger partial charge in [0.1, 0.15) is 4.60 Å². The monoisotopic (exact) mass is 358 g/mol. The maximum Gasteiger partial charge on any atom is 0.154 e. The zero-order valence-corrected chi connectivity index (χ0v) is 14.1. The second-order valence-corrected chi connectivity index (χ2v) is 5.78. The third-order valence-corrected chi connectivity index (χ3v) is 3.66. The average Bonchev–Trinajstić information content (AvgIpc) is 3.04. The van der Waals surface area contributed by atoms with Crippen molar-refractivity contribution in [3.8, 4) is 0 Å². The summed E-state index contributed by atoms with van der Waals surface area (Å²) in [5, 5.41) is 8.53. The number of nitrogens with zero attached hydrogens (tertiary/aromatic N) is 6. The predicted molar refractivity (Wildman–Crippen MR) is 87.9 cm³/mol. The lowest BCUT2D eigenvalue weighted by atomic mass is 10.4. The quantitative estimate of drug-likeness (QED) is 0.484. The lowest BCUT2D eigenvalue weighted by Crippen LogP contribution is -1.94. The van der Waals surface area contributed by atoms with Crippen LogP contribution in [0.1, 0.15) is 17.1 Å². The third-order valence-electron chi connectivity index (χ3n) is 3.12. The summed E-state index contributed by atoms with van der Waals surface area (Å²) in [6.45, 7) is 5.91. The lowest BCUT2D eigenvalue weighted by molar-refractivity contribution is 0.870. The van der Waals surface area contributed by atoms with Crippen molar-refractivity contribution in [3.05, 3.63) is 58.3 Å². The number of fused-ring (bicyclic) bond motifs is 2. The van der Waals surface area contributed by atoms with Gasteiger partial charge in [0, 0.05) is 0 Å². The van der Waals surface area contributed by atoms with Gasteiger partial charge in [0.25, 0.3) is 0 Å². The highest BCUT2D eigenvalue weighted by molar-refractivity contribution is 9.10. The molecule has 0 saturated carbocycles. The van der Waals surface area contributed by atoms with Gasteiger partial charge in [0.05, 0.1) is 29.5 Å². The number of imidazole rings is 2. The molecule has 0 N–H and O–H groups in total. The molecule has 0 saturated heterocycles. The van der Waals surface area contributed by atoms with Crippen LogP contribution in [0.5, 0.6) is 0 Å². The van der Waals surface area contributed by atoms with Crippen LogP contribution in [-0.4, -0.2) is 29.2 Å². The van der Waals surface area contributed by atoms with E-state index in [4.69, 9.17) is 0 Å². The van der Waals surface area contributed by atoms with Gasteiger partial charge in [-0.3, -0.25) is 0 Å². The largest absolute Gasteiger partial charge is 0.235 e. The Labute approximate surface area is 136 Å². The summed E-state index contributed by atoms with van der Waals surface area (Å²) in [5.41, 5.74) is 4.84. The van der Waals surface area contributed by atoms with Crippen molar-refractivity contribution >= 4 is 27.2 Å². The average molecular weight is 359 g/mol. The summed E-state index contributed by atoms with van der Waals surface area (Å²) in [6.07, 6.45) is 3.56. The summed E-state index contributed by atoms with van der Waals surface area (Å²) < 4.78 is 4.49. The van der Waals surface area contributed by atoms with Crippen LogP contribution in [0.25, 0.3) is 11.3 Å². The first-order valence-electron chi connectivity index (χ1n) is 6.79. The van der Waals surface area contributed by atoms with Gasteiger partial charge in [0.2, 0.25) is 0 Å². The molecule has 4 rings (SSSR count). The first-order valence-corrected chi connectivity index (χ1v) is 7.59. The van der Waals surface area contributed by atoms with E-state index < -0.39 is 0 Å². The summed E-state index contributed by atoms with van der Waals surface area (Å²) in [4.78, 5) is 8.27. The Bertz CT molecular complexity index is 862. The molecule has 0 unspecified atom stereocenters. The fraction of sp³-hybridized carbons (Fsp3) is 0.200. The van der Waals surface area contributed by atoms with E-state index in [1.807, 2.05) is 55.7 Å². The number of hydrogen-bond donors (Lipinski definition) is 0. The third kappa shape index (κ3) is 2.85. The van der Waals surface area contributed by atoms with Crippen molar-refractivity contribution in [2.45, 2.75) is 20.8 Å². The van der Waals surface area contributed by atoms with E-state index in [2.05, 4.69) is 36.1 Å². The predicted octanol–water partition coefficient (Wildman–Crippen LogP) is 3.15. The van der Waals surface area contributed by atoms with Crippen LogP contribution >= 0.6 is 15.9 Å². The van der Waals surface area contributed by atoms with Gasteiger partial charge in [-0.05, 0) is 61.0 Å². The Morgan fingerprint density at radius 3 is 2.00 bits per heavy atom. The maximum atomic E-state index is 4.29. The molecule has 4 aromatic heterocycles. The van der Waals surface area contributed by atoms with Crippen molar-refractivity contribution in [3.63, 3.8) is 0 Å². The second-order valence-electron chi connectivity index (χ2n) is 4.97. The molecule has 0 aliphatic heterocycles. The minimum absolute atomic E-state index is 0.863. The minimum atomic E-state index is 0.863. The van der Waals surface area contributed by atoms with Gasteiger partial charge in [-0.1, -0.05) is 0 Å². The standard InChI is InChI=1S/C8H9N3.C7H6BrN3/c1-6-3-4-8-9-5-7(2)11(8)10-6;1-5-2-3-7-9-4-6(8)11(7)10-5/h3-5H,1-2H3;2-4H,1H3. The molecule has 0 bridgehead atoms. The highest BCUT2D eigenvalue weighted by Gasteiger charge is 1.99. The Morgan fingerprint density at radius 1 is 0.773 bits per heavy atom. The molecular formula is C15H15BrN6. The van der Waals surface area contributed by atoms with Crippen LogP contribution in [0.3, 0.4) is 0 Å². The first kappa shape index (κ1) is 14.6. The molecule has 4 heterocycles. The number of aromatic nitrogens is 6. The summed E-state index contributed by atoms with van der Waals surface area (Å²) in [7, 11) is 0. The van der Waals surface area contributed by atoms with Gasteiger partial charge in [-0.2, -0.15) is 10.2 Å². The second kappa shape index (κ2) is 5.84. The molecule has 0 aliphatic carbocycles. The summed E-state index contributed by atoms with van der Waals surface area (Å²) in [5.74, 6) is 0. The molecule has 22 heavy (non-hydrogen) atoms. The topological polar surface area (TPSA) is 60.4 Å². The molecule has 0 spiro atoms.